The van der Waals surface area contributed by atoms with Gasteiger partial charge in [-0.3, -0.25) is 36.8 Å². The SMILES string of the molecule is CCN1CCN(c2ccc3nc(-c4cccc(OC)c4)cc(=O)n3c2)CC1.COc1cccc(-c2cc(=O)n3cc(N4CCCNCC4)ccc3n2)c1.COc1cccc(-c2cc(=O)n3cc(N4CCN[C@H](C)C4)ccc3n2)c1.COc1cccc(-c2cc(=O)n3cc(N4C[C@@H](C)N[C@@H](C)C4)ccc3n2)c1. The van der Waals surface area contributed by atoms with Crippen molar-refractivity contribution in [1.82, 2.24) is 58.4 Å². The zero-order chi connectivity index (χ0) is 73.8. The van der Waals surface area contributed by atoms with Crippen molar-refractivity contribution in [1.29, 1.82) is 0 Å². The van der Waals surface area contributed by atoms with E-state index in [4.69, 9.17) is 18.9 Å². The topological polar surface area (TPSA) is 227 Å². The molecule has 24 nitrogen and oxygen atoms in total. The molecule has 0 radical (unpaired) electrons. The number of methoxy groups -OCH3 is 4. The van der Waals surface area contributed by atoms with Crippen LogP contribution in [0.25, 0.3) is 67.6 Å². The van der Waals surface area contributed by atoms with E-state index in [-0.39, 0.29) is 22.2 Å². The first-order valence-electron chi connectivity index (χ1n) is 36.2. The molecule has 12 aromatic rings. The fourth-order valence-electron chi connectivity index (χ4n) is 14.0. The van der Waals surface area contributed by atoms with Gasteiger partial charge < -0.3 is 59.4 Å². The Bertz CT molecular complexity index is 5170. The van der Waals surface area contributed by atoms with Gasteiger partial charge in [0.25, 0.3) is 22.2 Å². The number of piperazine rings is 3. The minimum absolute atomic E-state index is 0.0770. The van der Waals surface area contributed by atoms with Gasteiger partial charge in [-0.1, -0.05) is 55.5 Å². The number of likely N-dealkylation sites (N-methyl/N-ethyl adjacent to an activating group) is 1. The van der Waals surface area contributed by atoms with Crippen LogP contribution in [0.3, 0.4) is 0 Å². The maximum atomic E-state index is 12.8. The summed E-state index contributed by atoms with van der Waals surface area (Å²) in [6, 6.07) is 53.8. The monoisotopic (exact) mass is 1430 g/mol. The highest BCUT2D eigenvalue weighted by Crippen LogP contribution is 2.29. The van der Waals surface area contributed by atoms with Gasteiger partial charge in [0.2, 0.25) is 0 Å². The largest absolute Gasteiger partial charge is 0.497 e. The van der Waals surface area contributed by atoms with Crippen molar-refractivity contribution in [2.75, 3.05) is 140 Å². The standard InChI is InChI=1S/2C21H24N4O2.2C20H22N4O2/c1-14-11-24(12-15(2)22-14)17-7-8-20-23-19(10-21(26)25(20)13-17)16-5-4-6-18(9-16)27-3;1-3-23-9-11-24(12-10-23)17-7-8-20-22-19(14-21(26)25(20)15-17)16-5-4-6-18(13-16)27-2;1-14-12-23(9-8-21-14)16-6-7-19-22-18(11-20(25)24(19)13-16)15-4-3-5-17(10-15)26-2;1-26-17-5-2-4-15(12-17)18-13-20(25)24-14-16(6-7-19(24)22-18)23-10-3-8-21-9-11-23/h4-10,13-15,22H,11-12H2,1-3H3;4-8,13-15H,3,9-12H2,1-2H3;3-7,10-11,13-14,21H,8-9,12H2,1-2H3;2,4-7,12-14,21H,3,8-11H2,1H3/t14-,15+;;14-;/m..1./s1. The van der Waals surface area contributed by atoms with Crippen LogP contribution in [-0.4, -0.2) is 181 Å². The molecule has 4 aromatic carbocycles. The molecule has 16 rings (SSSR count). The van der Waals surface area contributed by atoms with E-state index in [2.05, 4.69) is 94.1 Å². The smallest absolute Gasteiger partial charge is 0.258 e. The Labute approximate surface area is 615 Å². The fourth-order valence-corrected chi connectivity index (χ4v) is 14.0. The second kappa shape index (κ2) is 33.6. The van der Waals surface area contributed by atoms with Crippen LogP contribution in [0, 0.1) is 0 Å². The summed E-state index contributed by atoms with van der Waals surface area (Å²) in [5, 5.41) is 10.4. The van der Waals surface area contributed by atoms with Gasteiger partial charge in [0.1, 0.15) is 45.6 Å². The number of ether oxygens (including phenoxy) is 4. The highest BCUT2D eigenvalue weighted by Gasteiger charge is 2.24. The van der Waals surface area contributed by atoms with E-state index in [1.807, 2.05) is 164 Å². The third-order valence-corrected chi connectivity index (χ3v) is 19.6. The molecule has 3 atom stereocenters. The van der Waals surface area contributed by atoms with Gasteiger partial charge >= 0.3 is 0 Å². The van der Waals surface area contributed by atoms with Crippen LogP contribution in [0.5, 0.6) is 23.0 Å². The molecule has 24 heteroatoms. The Morgan fingerprint density at radius 3 is 1.07 bits per heavy atom. The van der Waals surface area contributed by atoms with Crippen molar-refractivity contribution >= 4 is 45.3 Å². The molecule has 0 spiro atoms. The minimum Gasteiger partial charge on any atom is -0.497 e. The van der Waals surface area contributed by atoms with Crippen LogP contribution < -0.4 is 76.7 Å². The lowest BCUT2D eigenvalue weighted by molar-refractivity contribution is 0.271. The third kappa shape index (κ3) is 17.3. The number of rotatable bonds is 13. The van der Waals surface area contributed by atoms with E-state index < -0.39 is 0 Å². The summed E-state index contributed by atoms with van der Waals surface area (Å²) in [5.41, 5.74) is 12.5. The molecule has 0 saturated carbocycles. The molecule has 0 amide bonds. The van der Waals surface area contributed by atoms with Gasteiger partial charge in [-0.05, 0) is 137 Å². The molecule has 8 aromatic heterocycles. The van der Waals surface area contributed by atoms with Crippen LogP contribution in [0.1, 0.15) is 34.1 Å². The van der Waals surface area contributed by atoms with Crippen LogP contribution in [0.15, 0.2) is 214 Å². The van der Waals surface area contributed by atoms with Crippen molar-refractivity contribution < 1.29 is 18.9 Å². The highest BCUT2D eigenvalue weighted by molar-refractivity contribution is 5.68. The Kier molecular flexibility index (Phi) is 23.1. The van der Waals surface area contributed by atoms with Crippen molar-refractivity contribution in [2.24, 2.45) is 0 Å². The molecular weight excluding hydrogens is 1340 g/mol. The number of hydrogen-bond donors (Lipinski definition) is 3. The maximum Gasteiger partial charge on any atom is 0.258 e. The molecule has 4 aliphatic heterocycles. The Morgan fingerprint density at radius 2 is 0.708 bits per heavy atom. The number of nitrogens with zero attached hydrogens (tertiary/aromatic N) is 13. The lowest BCUT2D eigenvalue weighted by atomic mass is 10.1. The van der Waals surface area contributed by atoms with Gasteiger partial charge in [0, 0.05) is 168 Å². The van der Waals surface area contributed by atoms with Crippen molar-refractivity contribution in [3.63, 3.8) is 0 Å². The molecule has 3 N–H and O–H groups in total. The average molecular weight is 1430 g/mol. The number of fused-ring (bicyclic) bond motifs is 4. The van der Waals surface area contributed by atoms with E-state index >= 15 is 0 Å². The normalized spacial score (nSPS) is 17.0. The summed E-state index contributed by atoms with van der Waals surface area (Å²) in [5.74, 6) is 2.98. The molecule has 4 aliphatic rings. The van der Waals surface area contributed by atoms with Gasteiger partial charge in [-0.15, -0.1) is 0 Å². The van der Waals surface area contributed by atoms with E-state index in [0.29, 0.717) is 63.5 Å². The summed E-state index contributed by atoms with van der Waals surface area (Å²) in [6.45, 7) is 22.4. The van der Waals surface area contributed by atoms with Crippen LogP contribution in [0.4, 0.5) is 22.7 Å². The number of nitrogens with one attached hydrogen (secondary N) is 3. The molecule has 12 heterocycles. The highest BCUT2D eigenvalue weighted by atomic mass is 16.5. The first-order chi connectivity index (χ1) is 51.6. The molecule has 0 bridgehead atoms. The van der Waals surface area contributed by atoms with Crippen LogP contribution in [0.2, 0.25) is 0 Å². The Balaban J connectivity index is 0.000000125. The van der Waals surface area contributed by atoms with E-state index in [9.17, 15) is 19.2 Å². The number of pyridine rings is 4. The van der Waals surface area contributed by atoms with E-state index in [0.717, 1.165) is 166 Å². The molecule has 0 unspecified atom stereocenters. The molecule has 4 fully saturated rings. The molecule has 0 aliphatic carbocycles. The average Bonchev–Trinajstić information content (AvgIpc) is 0.807. The zero-order valence-electron chi connectivity index (χ0n) is 61.4. The number of anilines is 4. The summed E-state index contributed by atoms with van der Waals surface area (Å²) in [6.07, 6.45) is 8.68. The molecule has 106 heavy (non-hydrogen) atoms. The summed E-state index contributed by atoms with van der Waals surface area (Å²) in [4.78, 5) is 81.2. The first-order valence-corrected chi connectivity index (χ1v) is 36.2. The minimum atomic E-state index is -0.0871. The fraction of sp³-hybridized carbons (Fsp3) is 0.317. The number of benzene rings is 4. The third-order valence-electron chi connectivity index (χ3n) is 19.6. The molecular formula is C82H92N16O8. The van der Waals surface area contributed by atoms with Crippen molar-refractivity contribution in [2.45, 2.75) is 52.2 Å². The Morgan fingerprint density at radius 1 is 0.368 bits per heavy atom. The molecule has 548 valence electrons. The number of hydrogen-bond acceptors (Lipinski definition) is 20. The van der Waals surface area contributed by atoms with Crippen LogP contribution >= 0.6 is 0 Å². The second-order valence-electron chi connectivity index (χ2n) is 27.0. The van der Waals surface area contributed by atoms with Gasteiger partial charge in [-0.25, -0.2) is 19.9 Å². The Hall–Kier alpha value is -11.4. The van der Waals surface area contributed by atoms with Gasteiger partial charge in [0.05, 0.1) is 74.0 Å². The van der Waals surface area contributed by atoms with Gasteiger partial charge in [0.15, 0.2) is 0 Å². The number of aromatic nitrogens is 8. The summed E-state index contributed by atoms with van der Waals surface area (Å²) < 4.78 is 27.6. The summed E-state index contributed by atoms with van der Waals surface area (Å²) >= 11 is 0. The van der Waals surface area contributed by atoms with E-state index in [1.165, 1.54) is 0 Å². The predicted molar refractivity (Wildman–Crippen MR) is 422 cm³/mol. The predicted octanol–water partition coefficient (Wildman–Crippen LogP) is 9.41. The first kappa shape index (κ1) is 72.9. The lowest BCUT2D eigenvalue weighted by Crippen LogP contribution is -2.54. The van der Waals surface area contributed by atoms with E-state index in [1.54, 1.807) is 70.3 Å². The van der Waals surface area contributed by atoms with Crippen molar-refractivity contribution in [3.8, 4) is 68.0 Å². The second-order valence-corrected chi connectivity index (χ2v) is 27.0. The lowest BCUT2D eigenvalue weighted by Gasteiger charge is -2.37. The van der Waals surface area contributed by atoms with Gasteiger partial charge in [-0.2, -0.15) is 0 Å². The zero-order valence-corrected chi connectivity index (χ0v) is 61.4. The summed E-state index contributed by atoms with van der Waals surface area (Å²) in [7, 11) is 6.51. The maximum absolute atomic E-state index is 12.8. The molecule has 4 saturated heterocycles. The van der Waals surface area contributed by atoms with Crippen LogP contribution in [-0.2, 0) is 0 Å². The quantitative estimate of drug-likeness (QED) is 0.0977. The van der Waals surface area contributed by atoms with Crippen molar-refractivity contribution in [3.05, 3.63) is 236 Å².